The molecule has 0 aromatic heterocycles. The van der Waals surface area contributed by atoms with Gasteiger partial charge in [-0.3, -0.25) is 8.98 Å². The van der Waals surface area contributed by atoms with Crippen LogP contribution in [0.2, 0.25) is 0 Å². The normalized spacial score (nSPS) is 18.1. The van der Waals surface area contributed by atoms with Gasteiger partial charge in [0.25, 0.3) is 0 Å². The lowest BCUT2D eigenvalue weighted by molar-refractivity contribution is -0.362. The second kappa shape index (κ2) is 8.31. The highest BCUT2D eigenvalue weighted by molar-refractivity contribution is 8.10. The zero-order valence-corrected chi connectivity index (χ0v) is 15.8. The Labute approximate surface area is 156 Å². The van der Waals surface area contributed by atoms with Crippen LogP contribution in [0, 0.1) is 5.92 Å². The highest BCUT2D eigenvalue weighted by Gasteiger charge is 2.75. The molecule has 28 heavy (non-hydrogen) atoms. The Morgan fingerprint density at radius 1 is 0.964 bits per heavy atom. The summed E-state index contributed by atoms with van der Waals surface area (Å²) in [4.78, 5) is 11.9. The molecule has 0 N–H and O–H groups in total. The third-order valence-corrected chi connectivity index (χ3v) is 6.76. The van der Waals surface area contributed by atoms with Gasteiger partial charge >= 0.3 is 23.9 Å². The number of hydrogen-bond acceptors (Lipinski definition) is 7. The maximum atomic E-state index is 13.4. The number of hydrogen-bond donors (Lipinski definition) is 0. The molecule has 0 aromatic carbocycles. The van der Waals surface area contributed by atoms with E-state index in [0.29, 0.717) is 26.4 Å². The molecule has 0 aromatic rings. The average molecular weight is 464 g/mol. The molecule has 16 heteroatoms. The van der Waals surface area contributed by atoms with Crippen molar-refractivity contribution >= 4 is 26.3 Å². The number of carbonyl (C=O) groups excluding carboxylic acids is 1. The SMILES string of the molecule is COS(=O)(=O)[N-]S(=O)(=O)CC(OC(=O)C1CCCCC1)(C(F)(F)F)C(F)(F)F. The van der Waals surface area contributed by atoms with Crippen LogP contribution in [0.25, 0.3) is 4.13 Å². The Morgan fingerprint density at radius 3 is 1.82 bits per heavy atom. The van der Waals surface area contributed by atoms with Gasteiger partial charge in [-0.05, 0) is 12.8 Å². The summed E-state index contributed by atoms with van der Waals surface area (Å²) < 4.78 is 135. The summed E-state index contributed by atoms with van der Waals surface area (Å²) in [7, 11) is -10.9. The largest absolute Gasteiger partial charge is 0.438 e. The van der Waals surface area contributed by atoms with Crippen LogP contribution in [-0.2, 0) is 34.0 Å². The standard InChI is InChI=1S/C12H16F6NO7S2/c1-25-28(23,24)19-27(21,22)7-10(11(13,14)15,12(16,17)18)26-9(20)8-5-3-2-4-6-8/h8H,2-7H2,1H3/q-1. The molecule has 0 atom stereocenters. The van der Waals surface area contributed by atoms with E-state index < -0.39 is 55.9 Å². The Kier molecular flexibility index (Phi) is 7.40. The Hall–Kier alpha value is -1.13. The topological polar surface area (TPSA) is 118 Å². The maximum absolute atomic E-state index is 13.4. The molecule has 0 heterocycles. The molecule has 0 radical (unpaired) electrons. The van der Waals surface area contributed by atoms with E-state index in [2.05, 4.69) is 8.92 Å². The zero-order valence-electron chi connectivity index (χ0n) is 14.2. The third kappa shape index (κ3) is 5.93. The molecule has 0 aliphatic heterocycles. The van der Waals surface area contributed by atoms with Gasteiger partial charge in [0.15, 0.2) is 0 Å². The highest BCUT2D eigenvalue weighted by Crippen LogP contribution is 2.48. The summed E-state index contributed by atoms with van der Waals surface area (Å²) in [5.41, 5.74) is -5.50. The molecule has 0 unspecified atom stereocenters. The summed E-state index contributed by atoms with van der Waals surface area (Å²) in [6.07, 6.45) is -11.6. The number of ether oxygens (including phenoxy) is 1. The molecule has 1 saturated carbocycles. The van der Waals surface area contributed by atoms with Crippen LogP contribution in [0.5, 0.6) is 0 Å². The number of halogens is 6. The first-order chi connectivity index (χ1) is 12.5. The van der Waals surface area contributed by atoms with E-state index in [9.17, 15) is 48.0 Å². The van der Waals surface area contributed by atoms with E-state index in [-0.39, 0.29) is 12.8 Å². The van der Waals surface area contributed by atoms with Gasteiger partial charge in [-0.15, -0.1) is 0 Å². The molecule has 166 valence electrons. The van der Waals surface area contributed by atoms with Crippen molar-refractivity contribution in [1.82, 2.24) is 0 Å². The Morgan fingerprint density at radius 2 is 1.43 bits per heavy atom. The summed E-state index contributed by atoms with van der Waals surface area (Å²) in [5.74, 6) is -6.16. The first kappa shape index (κ1) is 24.9. The fourth-order valence-corrected chi connectivity index (χ4v) is 4.98. The van der Waals surface area contributed by atoms with E-state index in [0.717, 1.165) is 0 Å². The first-order valence-corrected chi connectivity index (χ1v) is 10.6. The summed E-state index contributed by atoms with van der Waals surface area (Å²) in [6.45, 7) is 0. The fraction of sp³-hybridized carbons (Fsp3) is 0.917. The summed E-state index contributed by atoms with van der Waals surface area (Å²) >= 11 is 0. The summed E-state index contributed by atoms with van der Waals surface area (Å²) in [6, 6.07) is 0. The van der Waals surface area contributed by atoms with E-state index in [1.54, 1.807) is 0 Å². The van der Waals surface area contributed by atoms with Gasteiger partial charge in [0, 0.05) is 0 Å². The summed E-state index contributed by atoms with van der Waals surface area (Å²) in [5, 5.41) is 0. The predicted octanol–water partition coefficient (Wildman–Crippen LogP) is 2.57. The van der Waals surface area contributed by atoms with Crippen LogP contribution in [0.3, 0.4) is 0 Å². The van der Waals surface area contributed by atoms with E-state index in [4.69, 9.17) is 0 Å². The molecular weight excluding hydrogens is 448 g/mol. The lowest BCUT2D eigenvalue weighted by atomic mass is 9.89. The first-order valence-electron chi connectivity index (χ1n) is 7.60. The molecule has 0 spiro atoms. The van der Waals surface area contributed by atoms with Crippen LogP contribution in [0.1, 0.15) is 32.1 Å². The van der Waals surface area contributed by atoms with E-state index >= 15 is 0 Å². The van der Waals surface area contributed by atoms with Crippen molar-refractivity contribution in [1.29, 1.82) is 0 Å². The zero-order chi connectivity index (χ0) is 22.0. The van der Waals surface area contributed by atoms with E-state index in [1.807, 2.05) is 4.13 Å². The Balaban J connectivity index is 3.37. The Bertz CT molecular complexity index is 755. The van der Waals surface area contributed by atoms with Crippen molar-refractivity contribution in [2.45, 2.75) is 50.1 Å². The average Bonchev–Trinajstić information content (AvgIpc) is 2.51. The van der Waals surface area contributed by atoms with Crippen molar-refractivity contribution in [3.8, 4) is 0 Å². The van der Waals surface area contributed by atoms with Gasteiger partial charge in [-0.1, -0.05) is 19.3 Å². The number of nitrogens with zero attached hydrogens (tertiary/aromatic N) is 1. The quantitative estimate of drug-likeness (QED) is 0.420. The van der Waals surface area contributed by atoms with Crippen LogP contribution >= 0.6 is 0 Å². The number of alkyl halides is 6. The van der Waals surface area contributed by atoms with Crippen molar-refractivity contribution in [2.24, 2.45) is 5.92 Å². The van der Waals surface area contributed by atoms with Crippen LogP contribution in [-0.4, -0.2) is 53.6 Å². The molecule has 0 saturated heterocycles. The molecule has 0 bridgehead atoms. The minimum Gasteiger partial charge on any atom is -0.438 e. The molecule has 8 nitrogen and oxygen atoms in total. The van der Waals surface area contributed by atoms with Gasteiger partial charge in [-0.2, -0.15) is 26.3 Å². The number of rotatable bonds is 7. The monoisotopic (exact) mass is 464 g/mol. The molecule has 1 fully saturated rings. The van der Waals surface area contributed by atoms with Crippen molar-refractivity contribution in [3.63, 3.8) is 0 Å². The van der Waals surface area contributed by atoms with Gasteiger partial charge in [0.1, 0.15) is 0 Å². The minimum absolute atomic E-state index is 0.0280. The number of esters is 1. The second-order valence-electron chi connectivity index (χ2n) is 5.97. The van der Waals surface area contributed by atoms with Gasteiger partial charge in [0.2, 0.25) is 10.3 Å². The molecule has 1 aliphatic carbocycles. The van der Waals surface area contributed by atoms with Gasteiger partial charge in [-0.25, -0.2) is 16.8 Å². The molecule has 1 rings (SSSR count). The maximum Gasteiger partial charge on any atom is 0.438 e. The lowest BCUT2D eigenvalue weighted by Crippen LogP contribution is -2.63. The van der Waals surface area contributed by atoms with Gasteiger partial charge < -0.3 is 8.86 Å². The van der Waals surface area contributed by atoms with Gasteiger partial charge in [0.05, 0.1) is 28.8 Å². The minimum atomic E-state index is -6.44. The van der Waals surface area contributed by atoms with Crippen molar-refractivity contribution < 1.29 is 56.9 Å². The molecular formula is C12H16F6NO7S2-. The highest BCUT2D eigenvalue weighted by atomic mass is 32.3. The third-order valence-electron chi connectivity index (χ3n) is 3.93. The smallest absolute Gasteiger partial charge is 0.438 e. The van der Waals surface area contributed by atoms with Crippen LogP contribution < -0.4 is 0 Å². The van der Waals surface area contributed by atoms with E-state index in [1.165, 1.54) is 0 Å². The molecule has 1 aliphatic rings. The number of carbonyl (C=O) groups is 1. The van der Waals surface area contributed by atoms with Crippen molar-refractivity contribution in [3.05, 3.63) is 4.13 Å². The second-order valence-corrected chi connectivity index (χ2v) is 9.21. The fourth-order valence-electron chi connectivity index (χ4n) is 2.52. The van der Waals surface area contributed by atoms with Crippen molar-refractivity contribution in [2.75, 3.05) is 12.9 Å². The van der Waals surface area contributed by atoms with Crippen LogP contribution in [0.4, 0.5) is 26.3 Å². The molecule has 0 amide bonds. The predicted molar refractivity (Wildman–Crippen MR) is 80.6 cm³/mol. The van der Waals surface area contributed by atoms with Crippen LogP contribution in [0.15, 0.2) is 0 Å². The number of sulfonamides is 1. The lowest BCUT2D eigenvalue weighted by Gasteiger charge is -2.38.